The number of aryl methyl sites for hydroxylation is 1. The molecule has 0 aromatic heterocycles. The molecule has 2 aromatic carbocycles. The zero-order chi connectivity index (χ0) is 16.8. The molecule has 0 saturated carbocycles. The molecule has 4 heteroatoms. The van der Waals surface area contributed by atoms with Gasteiger partial charge in [0.1, 0.15) is 0 Å². The van der Waals surface area contributed by atoms with E-state index in [2.05, 4.69) is 42.6 Å². The van der Waals surface area contributed by atoms with E-state index in [0.717, 1.165) is 11.1 Å². The zero-order valence-electron chi connectivity index (χ0n) is 13.9. The topological polar surface area (TPSA) is 52.6 Å². The van der Waals surface area contributed by atoms with Gasteiger partial charge in [0.2, 0.25) is 0 Å². The maximum absolute atomic E-state index is 12.0. The van der Waals surface area contributed by atoms with E-state index in [9.17, 15) is 4.79 Å². The third-order valence-corrected chi connectivity index (χ3v) is 3.97. The summed E-state index contributed by atoms with van der Waals surface area (Å²) in [6, 6.07) is 16.1. The summed E-state index contributed by atoms with van der Waals surface area (Å²) in [6.45, 7) is 4.29. The number of nitrogens with one attached hydrogen (secondary N) is 1. The Bertz CT molecular complexity index is 670. The van der Waals surface area contributed by atoms with Crippen molar-refractivity contribution in [2.24, 2.45) is 0 Å². The summed E-state index contributed by atoms with van der Waals surface area (Å²) in [5.41, 5.74) is 4.57. The van der Waals surface area contributed by atoms with Crippen LogP contribution in [0, 0.1) is 6.92 Å². The lowest BCUT2D eigenvalue weighted by Crippen LogP contribution is -2.43. The van der Waals surface area contributed by atoms with Crippen LogP contribution < -0.4 is 5.32 Å². The van der Waals surface area contributed by atoms with E-state index in [1.54, 1.807) is 14.0 Å². The Morgan fingerprint density at radius 2 is 1.83 bits per heavy atom. The van der Waals surface area contributed by atoms with Gasteiger partial charge in [0, 0.05) is 13.6 Å². The fourth-order valence-electron chi connectivity index (χ4n) is 2.31. The number of nitrogens with zero attached hydrogens (tertiary/aromatic N) is 1. The summed E-state index contributed by atoms with van der Waals surface area (Å²) in [6.07, 6.45) is 0. The van der Waals surface area contributed by atoms with Gasteiger partial charge in [-0.05, 0) is 36.6 Å². The maximum atomic E-state index is 12.0. The molecule has 0 radical (unpaired) electrons. The van der Waals surface area contributed by atoms with E-state index in [1.165, 1.54) is 16.0 Å². The monoisotopic (exact) mass is 312 g/mol. The van der Waals surface area contributed by atoms with Crippen LogP contribution in [0.25, 0.3) is 11.1 Å². The van der Waals surface area contributed by atoms with E-state index in [0.29, 0.717) is 6.54 Å². The molecule has 0 spiro atoms. The fourth-order valence-corrected chi connectivity index (χ4v) is 2.31. The van der Waals surface area contributed by atoms with Crippen molar-refractivity contribution < 1.29 is 9.90 Å². The Labute approximate surface area is 137 Å². The molecule has 4 nitrogen and oxygen atoms in total. The number of hydrogen-bond acceptors (Lipinski definition) is 2. The molecule has 0 heterocycles. The molecule has 2 amide bonds. The van der Waals surface area contributed by atoms with E-state index in [-0.39, 0.29) is 18.7 Å². The van der Waals surface area contributed by atoms with Crippen molar-refractivity contribution in [3.63, 3.8) is 0 Å². The van der Waals surface area contributed by atoms with Gasteiger partial charge in [0.15, 0.2) is 0 Å². The van der Waals surface area contributed by atoms with Gasteiger partial charge in [-0.3, -0.25) is 0 Å². The lowest BCUT2D eigenvalue weighted by molar-refractivity contribution is 0.157. The zero-order valence-corrected chi connectivity index (χ0v) is 13.9. The molecule has 0 aliphatic heterocycles. The minimum absolute atomic E-state index is 0.0488. The van der Waals surface area contributed by atoms with E-state index in [1.807, 2.05) is 18.2 Å². The maximum Gasteiger partial charge on any atom is 0.317 e. The second-order valence-corrected chi connectivity index (χ2v) is 5.87. The summed E-state index contributed by atoms with van der Waals surface area (Å²) >= 11 is 0. The van der Waals surface area contributed by atoms with Crippen LogP contribution in [-0.4, -0.2) is 35.7 Å². The van der Waals surface area contributed by atoms with Crippen molar-refractivity contribution in [2.45, 2.75) is 26.4 Å². The minimum atomic E-state index is -0.200. The van der Waals surface area contributed by atoms with Crippen LogP contribution >= 0.6 is 0 Å². The summed E-state index contributed by atoms with van der Waals surface area (Å²) < 4.78 is 0. The van der Waals surface area contributed by atoms with Crippen LogP contribution in [0.5, 0.6) is 0 Å². The molecule has 1 atom stereocenters. The lowest BCUT2D eigenvalue weighted by Gasteiger charge is -2.23. The summed E-state index contributed by atoms with van der Waals surface area (Å²) in [4.78, 5) is 13.5. The predicted octanol–water partition coefficient (Wildman–Crippen LogP) is 3.18. The summed E-state index contributed by atoms with van der Waals surface area (Å²) in [5, 5.41) is 12.0. The van der Waals surface area contributed by atoms with Crippen molar-refractivity contribution >= 4 is 6.03 Å². The Balaban J connectivity index is 2.05. The molecule has 0 aliphatic rings. The van der Waals surface area contributed by atoms with Gasteiger partial charge in [-0.2, -0.15) is 0 Å². The summed E-state index contributed by atoms with van der Waals surface area (Å²) in [5.74, 6) is 0. The van der Waals surface area contributed by atoms with Gasteiger partial charge in [-0.25, -0.2) is 4.79 Å². The normalized spacial score (nSPS) is 11.8. The van der Waals surface area contributed by atoms with Gasteiger partial charge in [0.05, 0.1) is 12.6 Å². The van der Waals surface area contributed by atoms with Gasteiger partial charge < -0.3 is 15.3 Å². The van der Waals surface area contributed by atoms with Gasteiger partial charge >= 0.3 is 6.03 Å². The van der Waals surface area contributed by atoms with Crippen LogP contribution in [0.2, 0.25) is 0 Å². The number of amides is 2. The quantitative estimate of drug-likeness (QED) is 0.891. The number of rotatable bonds is 5. The predicted molar refractivity (Wildman–Crippen MR) is 93.2 cm³/mol. The van der Waals surface area contributed by atoms with Gasteiger partial charge in [-0.1, -0.05) is 48.0 Å². The van der Waals surface area contributed by atoms with Crippen molar-refractivity contribution in [1.82, 2.24) is 10.2 Å². The Morgan fingerprint density at radius 3 is 2.48 bits per heavy atom. The second kappa shape index (κ2) is 7.79. The first-order chi connectivity index (χ1) is 11.0. The van der Waals surface area contributed by atoms with Crippen LogP contribution in [0.3, 0.4) is 0 Å². The Hall–Kier alpha value is -2.33. The lowest BCUT2D eigenvalue weighted by atomic mass is 10.0. The van der Waals surface area contributed by atoms with Gasteiger partial charge in [0.25, 0.3) is 0 Å². The number of urea groups is 1. The molecule has 1 unspecified atom stereocenters. The smallest absolute Gasteiger partial charge is 0.317 e. The number of likely N-dealkylation sites (N-methyl/N-ethyl adjacent to an activating group) is 1. The molecule has 0 bridgehead atoms. The highest BCUT2D eigenvalue weighted by Crippen LogP contribution is 2.21. The highest BCUT2D eigenvalue weighted by molar-refractivity contribution is 5.74. The first kappa shape index (κ1) is 17.0. The fraction of sp³-hybridized carbons (Fsp3) is 0.316. The minimum Gasteiger partial charge on any atom is -0.394 e. The molecule has 0 saturated heterocycles. The van der Waals surface area contributed by atoms with Gasteiger partial charge in [-0.15, -0.1) is 0 Å². The van der Waals surface area contributed by atoms with E-state index < -0.39 is 0 Å². The Kier molecular flexibility index (Phi) is 5.77. The average molecular weight is 312 g/mol. The largest absolute Gasteiger partial charge is 0.394 e. The molecule has 122 valence electrons. The highest BCUT2D eigenvalue weighted by Gasteiger charge is 2.14. The van der Waals surface area contributed by atoms with E-state index >= 15 is 0 Å². The van der Waals surface area contributed by atoms with E-state index in [4.69, 9.17) is 5.11 Å². The van der Waals surface area contributed by atoms with Crippen LogP contribution in [0.4, 0.5) is 4.79 Å². The second-order valence-electron chi connectivity index (χ2n) is 5.87. The standard InChI is InChI=1S/C19H24N2O2/c1-14-6-4-8-17(10-14)18-9-5-7-16(11-18)12-20-19(23)21(3)15(2)13-22/h4-11,15,22H,12-13H2,1-3H3,(H,20,23). The first-order valence-electron chi connectivity index (χ1n) is 7.78. The van der Waals surface area contributed by atoms with Crippen molar-refractivity contribution in [2.75, 3.05) is 13.7 Å². The van der Waals surface area contributed by atoms with Crippen molar-refractivity contribution in [3.05, 3.63) is 59.7 Å². The van der Waals surface area contributed by atoms with Crippen molar-refractivity contribution in [3.8, 4) is 11.1 Å². The SMILES string of the molecule is Cc1cccc(-c2cccc(CNC(=O)N(C)C(C)CO)c2)c1. The highest BCUT2D eigenvalue weighted by atomic mass is 16.3. The average Bonchev–Trinajstić information content (AvgIpc) is 2.58. The van der Waals surface area contributed by atoms with Crippen LogP contribution in [0.15, 0.2) is 48.5 Å². The number of benzene rings is 2. The molecular weight excluding hydrogens is 288 g/mol. The number of carbonyl (C=O) groups is 1. The molecular formula is C19H24N2O2. The molecule has 2 N–H and O–H groups in total. The molecule has 23 heavy (non-hydrogen) atoms. The number of hydrogen-bond donors (Lipinski definition) is 2. The third-order valence-electron chi connectivity index (χ3n) is 3.97. The number of aliphatic hydroxyl groups is 1. The molecule has 2 rings (SSSR count). The number of carbonyl (C=O) groups excluding carboxylic acids is 1. The summed E-state index contributed by atoms with van der Waals surface area (Å²) in [7, 11) is 1.68. The third kappa shape index (κ3) is 4.57. The molecule has 0 fully saturated rings. The Morgan fingerprint density at radius 1 is 1.17 bits per heavy atom. The molecule has 2 aromatic rings. The number of aliphatic hydroxyl groups excluding tert-OH is 1. The first-order valence-corrected chi connectivity index (χ1v) is 7.78. The van der Waals surface area contributed by atoms with Crippen LogP contribution in [-0.2, 0) is 6.54 Å². The van der Waals surface area contributed by atoms with Crippen LogP contribution in [0.1, 0.15) is 18.1 Å². The molecule has 0 aliphatic carbocycles. The van der Waals surface area contributed by atoms with Crippen molar-refractivity contribution in [1.29, 1.82) is 0 Å².